The molecule has 0 saturated carbocycles. The van der Waals surface area contributed by atoms with Crippen molar-refractivity contribution in [1.29, 1.82) is 0 Å². The summed E-state index contributed by atoms with van der Waals surface area (Å²) in [5, 5.41) is 3.27. The standard InChI is InChI=1S/C20H31NO8/c1-24-10-12-26-15-19(22)28-9-8-18(21-17-6-4-3-5-7-17)14-29-20(23)16-27-13-11-25-2/h3-7,18,21H,8-16H2,1-2H3. The molecule has 1 aromatic carbocycles. The highest BCUT2D eigenvalue weighted by Crippen LogP contribution is 2.10. The first-order valence-electron chi connectivity index (χ1n) is 9.42. The molecule has 0 fully saturated rings. The Hall–Kier alpha value is -2.20. The Balaban J connectivity index is 2.37. The number of carbonyl (C=O) groups is 2. The van der Waals surface area contributed by atoms with Gasteiger partial charge in [0.2, 0.25) is 0 Å². The van der Waals surface area contributed by atoms with Gasteiger partial charge >= 0.3 is 11.9 Å². The first-order chi connectivity index (χ1) is 14.2. The van der Waals surface area contributed by atoms with Crippen molar-refractivity contribution in [3.63, 3.8) is 0 Å². The maximum atomic E-state index is 11.8. The predicted octanol–water partition coefficient (Wildman–Crippen LogP) is 1.27. The van der Waals surface area contributed by atoms with Crippen molar-refractivity contribution in [2.45, 2.75) is 12.5 Å². The van der Waals surface area contributed by atoms with Gasteiger partial charge in [-0.2, -0.15) is 0 Å². The number of rotatable bonds is 17. The van der Waals surface area contributed by atoms with Crippen LogP contribution in [0.5, 0.6) is 0 Å². The molecular weight excluding hydrogens is 382 g/mol. The summed E-state index contributed by atoms with van der Waals surface area (Å²) < 4.78 is 30.4. The average molecular weight is 413 g/mol. The molecule has 0 heterocycles. The second kappa shape index (κ2) is 16.7. The van der Waals surface area contributed by atoms with E-state index >= 15 is 0 Å². The largest absolute Gasteiger partial charge is 0.464 e. The van der Waals surface area contributed by atoms with Gasteiger partial charge in [-0.05, 0) is 12.1 Å². The van der Waals surface area contributed by atoms with Crippen LogP contribution >= 0.6 is 0 Å². The van der Waals surface area contributed by atoms with Crippen molar-refractivity contribution in [2.75, 3.05) is 72.4 Å². The highest BCUT2D eigenvalue weighted by atomic mass is 16.6. The summed E-state index contributed by atoms with van der Waals surface area (Å²) in [7, 11) is 3.11. The molecule has 9 nitrogen and oxygen atoms in total. The van der Waals surface area contributed by atoms with Crippen molar-refractivity contribution < 1.29 is 38.0 Å². The van der Waals surface area contributed by atoms with Crippen LogP contribution in [0.25, 0.3) is 0 Å². The lowest BCUT2D eigenvalue weighted by molar-refractivity contribution is -0.152. The second-order valence-corrected chi connectivity index (χ2v) is 5.99. The van der Waals surface area contributed by atoms with E-state index in [2.05, 4.69) is 5.32 Å². The Bertz CT molecular complexity index is 555. The smallest absolute Gasteiger partial charge is 0.332 e. The van der Waals surface area contributed by atoms with Crippen molar-refractivity contribution in [2.24, 2.45) is 0 Å². The van der Waals surface area contributed by atoms with Gasteiger partial charge in [-0.1, -0.05) is 18.2 Å². The van der Waals surface area contributed by atoms with Crippen LogP contribution in [0, 0.1) is 0 Å². The molecule has 1 aromatic rings. The number of hydrogen-bond acceptors (Lipinski definition) is 9. The van der Waals surface area contributed by atoms with Crippen LogP contribution in [0.4, 0.5) is 5.69 Å². The summed E-state index contributed by atoms with van der Waals surface area (Å²) in [5.41, 5.74) is 0.874. The number of hydrogen-bond donors (Lipinski definition) is 1. The second-order valence-electron chi connectivity index (χ2n) is 5.99. The zero-order valence-corrected chi connectivity index (χ0v) is 17.1. The Kier molecular flexibility index (Phi) is 14.3. The molecule has 0 aliphatic rings. The van der Waals surface area contributed by atoms with Gasteiger partial charge in [0, 0.05) is 26.3 Å². The minimum Gasteiger partial charge on any atom is -0.464 e. The minimum atomic E-state index is -0.468. The Morgan fingerprint density at radius 2 is 1.41 bits per heavy atom. The van der Waals surface area contributed by atoms with E-state index in [1.54, 1.807) is 14.2 Å². The predicted molar refractivity (Wildman–Crippen MR) is 106 cm³/mol. The quantitative estimate of drug-likeness (QED) is 0.299. The maximum Gasteiger partial charge on any atom is 0.332 e. The molecule has 1 unspecified atom stereocenters. The zero-order chi connectivity index (χ0) is 21.2. The summed E-state index contributed by atoms with van der Waals surface area (Å²) in [6.45, 7) is 1.47. The highest BCUT2D eigenvalue weighted by Gasteiger charge is 2.14. The van der Waals surface area contributed by atoms with Crippen molar-refractivity contribution in [3.8, 4) is 0 Å². The fourth-order valence-electron chi connectivity index (χ4n) is 2.15. The number of anilines is 1. The first kappa shape index (κ1) is 24.8. The van der Waals surface area contributed by atoms with Gasteiger partial charge in [0.05, 0.1) is 39.1 Å². The fourth-order valence-corrected chi connectivity index (χ4v) is 2.15. The van der Waals surface area contributed by atoms with Gasteiger partial charge in [-0.3, -0.25) is 0 Å². The van der Waals surface area contributed by atoms with E-state index in [9.17, 15) is 9.59 Å². The summed E-state index contributed by atoms with van der Waals surface area (Å²) in [6.07, 6.45) is 0.455. The van der Waals surface area contributed by atoms with Gasteiger partial charge in [0.25, 0.3) is 0 Å². The highest BCUT2D eigenvalue weighted by molar-refractivity contribution is 5.71. The van der Waals surface area contributed by atoms with E-state index in [-0.39, 0.29) is 32.5 Å². The molecule has 1 rings (SSSR count). The summed E-state index contributed by atoms with van der Waals surface area (Å²) >= 11 is 0. The fraction of sp³-hybridized carbons (Fsp3) is 0.600. The zero-order valence-electron chi connectivity index (χ0n) is 17.1. The van der Waals surface area contributed by atoms with Gasteiger partial charge in [0.1, 0.15) is 19.8 Å². The third kappa shape index (κ3) is 13.6. The summed E-state index contributed by atoms with van der Waals surface area (Å²) in [6, 6.07) is 9.26. The molecule has 0 bridgehead atoms. The summed E-state index contributed by atoms with van der Waals surface area (Å²) in [4.78, 5) is 23.5. The van der Waals surface area contributed by atoms with Gasteiger partial charge in [-0.15, -0.1) is 0 Å². The van der Waals surface area contributed by atoms with Crippen LogP contribution in [-0.2, 0) is 38.0 Å². The molecule has 1 N–H and O–H groups in total. The molecule has 1 atom stereocenters. The van der Waals surface area contributed by atoms with Crippen LogP contribution in [0.3, 0.4) is 0 Å². The topological polar surface area (TPSA) is 102 Å². The number of esters is 2. The molecule has 0 aliphatic heterocycles. The van der Waals surface area contributed by atoms with E-state index < -0.39 is 11.9 Å². The SMILES string of the molecule is COCCOCC(=O)OCCC(COC(=O)COCCOC)Nc1ccccc1. The van der Waals surface area contributed by atoms with E-state index in [1.807, 2.05) is 30.3 Å². The Morgan fingerprint density at radius 3 is 2.00 bits per heavy atom. The number of carbonyl (C=O) groups excluding carboxylic acids is 2. The van der Waals surface area contributed by atoms with Crippen LogP contribution in [0.15, 0.2) is 30.3 Å². The molecule has 0 amide bonds. The Labute approximate surface area is 171 Å². The lowest BCUT2D eigenvalue weighted by Crippen LogP contribution is -2.30. The van der Waals surface area contributed by atoms with Gasteiger partial charge < -0.3 is 33.7 Å². The van der Waals surface area contributed by atoms with Gasteiger partial charge in [-0.25, -0.2) is 9.59 Å². The third-order valence-corrected chi connectivity index (χ3v) is 3.62. The number of nitrogens with one attached hydrogen (secondary N) is 1. The van der Waals surface area contributed by atoms with Crippen LogP contribution < -0.4 is 5.32 Å². The van der Waals surface area contributed by atoms with E-state index in [1.165, 1.54) is 0 Å². The minimum absolute atomic E-state index is 0.114. The number of methoxy groups -OCH3 is 2. The van der Waals surface area contributed by atoms with Crippen molar-refractivity contribution >= 4 is 17.6 Å². The summed E-state index contributed by atoms with van der Waals surface area (Å²) in [5.74, 6) is -0.924. The average Bonchev–Trinajstić information content (AvgIpc) is 2.73. The van der Waals surface area contributed by atoms with E-state index in [4.69, 9.17) is 28.4 Å². The van der Waals surface area contributed by atoms with Crippen molar-refractivity contribution in [3.05, 3.63) is 30.3 Å². The number of para-hydroxylation sites is 1. The normalized spacial score (nSPS) is 11.7. The maximum absolute atomic E-state index is 11.8. The first-order valence-corrected chi connectivity index (χ1v) is 9.42. The molecule has 0 radical (unpaired) electrons. The Morgan fingerprint density at radius 1 is 0.828 bits per heavy atom. The number of ether oxygens (including phenoxy) is 6. The molecule has 29 heavy (non-hydrogen) atoms. The lowest BCUT2D eigenvalue weighted by atomic mass is 10.2. The lowest BCUT2D eigenvalue weighted by Gasteiger charge is -2.20. The molecule has 0 spiro atoms. The molecule has 0 saturated heterocycles. The van der Waals surface area contributed by atoms with Crippen LogP contribution in [-0.4, -0.2) is 85.1 Å². The monoisotopic (exact) mass is 413 g/mol. The molecule has 164 valence electrons. The molecular formula is C20H31NO8. The third-order valence-electron chi connectivity index (χ3n) is 3.62. The van der Waals surface area contributed by atoms with E-state index in [0.29, 0.717) is 32.8 Å². The van der Waals surface area contributed by atoms with Crippen LogP contribution in [0.1, 0.15) is 6.42 Å². The molecule has 0 aliphatic carbocycles. The van der Waals surface area contributed by atoms with Crippen molar-refractivity contribution in [1.82, 2.24) is 0 Å². The van der Waals surface area contributed by atoms with Crippen LogP contribution in [0.2, 0.25) is 0 Å². The molecule has 9 heteroatoms. The number of benzene rings is 1. The van der Waals surface area contributed by atoms with Gasteiger partial charge in [0.15, 0.2) is 0 Å². The molecule has 0 aromatic heterocycles. The van der Waals surface area contributed by atoms with E-state index in [0.717, 1.165) is 5.69 Å².